The van der Waals surface area contributed by atoms with Crippen LogP contribution in [0.2, 0.25) is 0 Å². The van der Waals surface area contributed by atoms with Crippen molar-refractivity contribution in [1.82, 2.24) is 10.2 Å². The Kier molecular flexibility index (Phi) is 6.34. The van der Waals surface area contributed by atoms with Crippen molar-refractivity contribution in [2.24, 2.45) is 5.92 Å². The number of carbonyl (C=O) groups is 2. The molecule has 1 atom stereocenters. The Morgan fingerprint density at radius 2 is 1.79 bits per heavy atom. The molecular formula is C23H28N2O3. The Morgan fingerprint density at radius 1 is 1.11 bits per heavy atom. The zero-order valence-electron chi connectivity index (χ0n) is 16.8. The topological polar surface area (TPSA) is 58.6 Å². The molecule has 0 unspecified atom stereocenters. The van der Waals surface area contributed by atoms with E-state index in [0.717, 1.165) is 22.4 Å². The number of benzene rings is 2. The molecule has 2 aromatic rings. The molecule has 28 heavy (non-hydrogen) atoms. The molecule has 1 heterocycles. The van der Waals surface area contributed by atoms with Gasteiger partial charge in [-0.25, -0.2) is 4.79 Å². The summed E-state index contributed by atoms with van der Waals surface area (Å²) in [5, 5.41) is 3.07. The third-order valence-corrected chi connectivity index (χ3v) is 5.40. The second kappa shape index (κ2) is 8.91. The molecule has 0 bridgehead atoms. The Morgan fingerprint density at radius 3 is 2.43 bits per heavy atom. The Balaban J connectivity index is 1.57. The number of methoxy groups -OCH3 is 1. The highest BCUT2D eigenvalue weighted by Gasteiger charge is 2.28. The van der Waals surface area contributed by atoms with Crippen molar-refractivity contribution >= 4 is 11.8 Å². The quantitative estimate of drug-likeness (QED) is 0.784. The van der Waals surface area contributed by atoms with Crippen molar-refractivity contribution < 1.29 is 14.3 Å². The van der Waals surface area contributed by atoms with Crippen LogP contribution in [-0.2, 0) is 0 Å². The summed E-state index contributed by atoms with van der Waals surface area (Å²) in [7, 11) is 1.64. The lowest BCUT2D eigenvalue weighted by atomic mass is 9.89. The van der Waals surface area contributed by atoms with Gasteiger partial charge in [0, 0.05) is 30.1 Å². The molecule has 1 N–H and O–H groups in total. The molecule has 2 amide bonds. The number of hydrogen-bond donors (Lipinski definition) is 1. The number of hydrogen-bond acceptors (Lipinski definition) is 3. The molecule has 1 aliphatic heterocycles. The third-order valence-electron chi connectivity index (χ3n) is 5.40. The minimum Gasteiger partial charge on any atom is -0.496 e. The maximum Gasteiger partial charge on any atom is 0.317 e. The van der Waals surface area contributed by atoms with Crippen LogP contribution in [0.25, 0.3) is 0 Å². The van der Waals surface area contributed by atoms with Gasteiger partial charge in [-0.3, -0.25) is 4.79 Å². The van der Waals surface area contributed by atoms with Crippen molar-refractivity contribution in [1.29, 1.82) is 0 Å². The van der Waals surface area contributed by atoms with Gasteiger partial charge in [-0.15, -0.1) is 0 Å². The number of amides is 2. The van der Waals surface area contributed by atoms with Crippen LogP contribution in [0.15, 0.2) is 48.5 Å². The van der Waals surface area contributed by atoms with Crippen LogP contribution in [0.1, 0.15) is 47.3 Å². The van der Waals surface area contributed by atoms with Gasteiger partial charge < -0.3 is 15.0 Å². The first kappa shape index (κ1) is 19.9. The number of ether oxygens (including phenoxy) is 1. The van der Waals surface area contributed by atoms with E-state index < -0.39 is 0 Å². The zero-order valence-corrected chi connectivity index (χ0v) is 16.8. The van der Waals surface area contributed by atoms with Crippen LogP contribution >= 0.6 is 0 Å². The molecule has 0 aromatic heterocycles. The summed E-state index contributed by atoms with van der Waals surface area (Å²) in [4.78, 5) is 27.1. The lowest BCUT2D eigenvalue weighted by Crippen LogP contribution is -2.46. The molecule has 0 saturated carbocycles. The van der Waals surface area contributed by atoms with E-state index in [4.69, 9.17) is 4.74 Å². The standard InChI is InChI=1S/C23H28N2O3/c1-16-9-10-21(28-3)20(15-16)17(2)24-23(27)25-13-11-19(12-14-25)22(26)18-7-5-4-6-8-18/h4-10,15,17,19H,11-14H2,1-3H3,(H,24,27)/t17-/m1/s1. The van der Waals surface area contributed by atoms with Gasteiger partial charge in [0.2, 0.25) is 0 Å². The van der Waals surface area contributed by atoms with Gasteiger partial charge in [0.15, 0.2) is 5.78 Å². The Bertz CT molecular complexity index is 827. The predicted molar refractivity (Wildman–Crippen MR) is 110 cm³/mol. The molecule has 0 spiro atoms. The monoisotopic (exact) mass is 380 g/mol. The summed E-state index contributed by atoms with van der Waals surface area (Å²) < 4.78 is 5.43. The second-order valence-electron chi connectivity index (χ2n) is 7.41. The van der Waals surface area contributed by atoms with E-state index in [1.165, 1.54) is 0 Å². The Labute approximate surface area is 166 Å². The van der Waals surface area contributed by atoms with Gasteiger partial charge in [-0.1, -0.05) is 48.0 Å². The van der Waals surface area contributed by atoms with E-state index in [0.29, 0.717) is 25.9 Å². The molecular weight excluding hydrogens is 352 g/mol. The van der Waals surface area contributed by atoms with Gasteiger partial charge >= 0.3 is 6.03 Å². The molecule has 148 valence electrons. The summed E-state index contributed by atoms with van der Waals surface area (Å²) in [6.07, 6.45) is 1.40. The molecule has 5 heteroatoms. The van der Waals surface area contributed by atoms with Gasteiger partial charge in [-0.2, -0.15) is 0 Å². The van der Waals surface area contributed by atoms with Crippen LogP contribution in [0, 0.1) is 12.8 Å². The second-order valence-corrected chi connectivity index (χ2v) is 7.41. The largest absolute Gasteiger partial charge is 0.496 e. The first-order valence-corrected chi connectivity index (χ1v) is 9.79. The smallest absolute Gasteiger partial charge is 0.317 e. The maximum atomic E-state index is 12.7. The number of ketones is 1. The lowest BCUT2D eigenvalue weighted by molar-refractivity contribution is 0.0853. The normalized spacial score (nSPS) is 15.8. The van der Waals surface area contributed by atoms with Crippen LogP contribution < -0.4 is 10.1 Å². The van der Waals surface area contributed by atoms with E-state index in [2.05, 4.69) is 5.32 Å². The number of urea groups is 1. The molecule has 3 rings (SSSR count). The number of rotatable bonds is 5. The molecule has 0 radical (unpaired) electrons. The molecule has 0 aliphatic carbocycles. The predicted octanol–water partition coefficient (Wildman–Crippen LogP) is 4.37. The van der Waals surface area contributed by atoms with Gasteiger partial charge in [0.05, 0.1) is 13.2 Å². The number of piperidine rings is 1. The average molecular weight is 380 g/mol. The van der Waals surface area contributed by atoms with Crippen molar-refractivity contribution in [3.63, 3.8) is 0 Å². The van der Waals surface area contributed by atoms with E-state index in [9.17, 15) is 9.59 Å². The number of carbonyl (C=O) groups excluding carboxylic acids is 2. The third kappa shape index (κ3) is 4.53. The number of aryl methyl sites for hydroxylation is 1. The first-order valence-electron chi connectivity index (χ1n) is 9.79. The fraction of sp³-hybridized carbons (Fsp3) is 0.391. The van der Waals surface area contributed by atoms with Gasteiger partial charge in [0.1, 0.15) is 5.75 Å². The fourth-order valence-electron chi connectivity index (χ4n) is 3.73. The summed E-state index contributed by atoms with van der Waals surface area (Å²) >= 11 is 0. The number of Topliss-reactive ketones (excluding diaryl/α,β-unsaturated/α-hetero) is 1. The molecule has 1 saturated heterocycles. The van der Waals surface area contributed by atoms with E-state index in [1.807, 2.05) is 62.4 Å². The average Bonchev–Trinajstić information content (AvgIpc) is 2.73. The number of likely N-dealkylation sites (tertiary alicyclic amines) is 1. The summed E-state index contributed by atoms with van der Waals surface area (Å²) in [5.41, 5.74) is 2.84. The molecule has 1 aliphatic rings. The van der Waals surface area contributed by atoms with Gasteiger partial charge in [-0.05, 0) is 32.8 Å². The van der Waals surface area contributed by atoms with E-state index >= 15 is 0 Å². The van der Waals surface area contributed by atoms with Crippen LogP contribution in [-0.4, -0.2) is 36.9 Å². The summed E-state index contributed by atoms with van der Waals surface area (Å²) in [6.45, 7) is 5.16. The molecule has 1 fully saturated rings. The number of nitrogens with zero attached hydrogens (tertiary/aromatic N) is 1. The van der Waals surface area contributed by atoms with Crippen LogP contribution in [0.3, 0.4) is 0 Å². The Hall–Kier alpha value is -2.82. The highest BCUT2D eigenvalue weighted by Crippen LogP contribution is 2.27. The van der Waals surface area contributed by atoms with Gasteiger partial charge in [0.25, 0.3) is 0 Å². The lowest BCUT2D eigenvalue weighted by Gasteiger charge is -2.32. The van der Waals surface area contributed by atoms with Crippen molar-refractivity contribution in [3.8, 4) is 5.75 Å². The highest BCUT2D eigenvalue weighted by molar-refractivity contribution is 5.98. The number of nitrogens with one attached hydrogen (secondary N) is 1. The van der Waals surface area contributed by atoms with E-state index in [-0.39, 0.29) is 23.8 Å². The molecule has 2 aromatic carbocycles. The van der Waals surface area contributed by atoms with E-state index in [1.54, 1.807) is 12.0 Å². The van der Waals surface area contributed by atoms with Crippen LogP contribution in [0.4, 0.5) is 4.79 Å². The highest BCUT2D eigenvalue weighted by atomic mass is 16.5. The fourth-order valence-corrected chi connectivity index (χ4v) is 3.73. The van der Waals surface area contributed by atoms with Crippen molar-refractivity contribution in [3.05, 3.63) is 65.2 Å². The first-order chi connectivity index (χ1) is 13.5. The van der Waals surface area contributed by atoms with Crippen molar-refractivity contribution in [2.45, 2.75) is 32.7 Å². The minimum absolute atomic E-state index is 0.0132. The minimum atomic E-state index is -0.161. The van der Waals surface area contributed by atoms with Crippen molar-refractivity contribution in [2.75, 3.05) is 20.2 Å². The SMILES string of the molecule is COc1ccc(C)cc1[C@@H](C)NC(=O)N1CCC(C(=O)c2ccccc2)CC1. The van der Waals surface area contributed by atoms with Crippen LogP contribution in [0.5, 0.6) is 5.75 Å². The zero-order chi connectivity index (χ0) is 20.1. The molecule has 5 nitrogen and oxygen atoms in total. The summed E-state index contributed by atoms with van der Waals surface area (Å²) in [5.74, 6) is 0.935. The maximum absolute atomic E-state index is 12.7. The summed E-state index contributed by atoms with van der Waals surface area (Å²) in [6, 6.07) is 15.1.